The van der Waals surface area contributed by atoms with Crippen LogP contribution in [0.2, 0.25) is 0 Å². The molecule has 1 aliphatic rings. The van der Waals surface area contributed by atoms with Gasteiger partial charge < -0.3 is 14.4 Å². The molecule has 2 atom stereocenters. The fourth-order valence-electron chi connectivity index (χ4n) is 3.11. The van der Waals surface area contributed by atoms with Crippen molar-refractivity contribution >= 4 is 5.91 Å². The summed E-state index contributed by atoms with van der Waals surface area (Å²) in [7, 11) is 4.97. The van der Waals surface area contributed by atoms with E-state index >= 15 is 0 Å². The Morgan fingerprint density at radius 2 is 2.19 bits per heavy atom. The van der Waals surface area contributed by atoms with E-state index < -0.39 is 6.61 Å². The van der Waals surface area contributed by atoms with Crippen molar-refractivity contribution in [1.29, 1.82) is 0 Å². The van der Waals surface area contributed by atoms with Crippen molar-refractivity contribution in [3.8, 4) is 11.5 Å². The number of alkyl halides is 2. The number of nitrogens with zero attached hydrogens (tertiary/aromatic N) is 3. The summed E-state index contributed by atoms with van der Waals surface area (Å²) >= 11 is 0. The van der Waals surface area contributed by atoms with Crippen LogP contribution in [-0.4, -0.2) is 41.4 Å². The van der Waals surface area contributed by atoms with E-state index in [1.165, 1.54) is 13.2 Å². The molecule has 3 rings (SSSR count). The van der Waals surface area contributed by atoms with Crippen molar-refractivity contribution in [3.05, 3.63) is 41.7 Å². The van der Waals surface area contributed by atoms with E-state index in [1.54, 1.807) is 35.0 Å². The van der Waals surface area contributed by atoms with Crippen molar-refractivity contribution in [2.24, 2.45) is 13.0 Å². The minimum atomic E-state index is -2.92. The smallest absolute Gasteiger partial charge is 0.387 e. The van der Waals surface area contributed by atoms with Gasteiger partial charge >= 0.3 is 6.61 Å². The summed E-state index contributed by atoms with van der Waals surface area (Å²) in [4.78, 5) is 14.3. The van der Waals surface area contributed by atoms with Gasteiger partial charge in [-0.05, 0) is 35.6 Å². The number of amides is 1. The van der Waals surface area contributed by atoms with Crippen molar-refractivity contribution < 1.29 is 23.0 Å². The van der Waals surface area contributed by atoms with Crippen molar-refractivity contribution in [1.82, 2.24) is 14.7 Å². The second kappa shape index (κ2) is 7.31. The van der Waals surface area contributed by atoms with Gasteiger partial charge in [0.25, 0.3) is 0 Å². The third-order valence-electron chi connectivity index (χ3n) is 4.50. The van der Waals surface area contributed by atoms with Crippen LogP contribution in [0, 0.1) is 5.92 Å². The number of aryl methyl sites for hydroxylation is 1. The monoisotopic (exact) mass is 365 g/mol. The van der Waals surface area contributed by atoms with Crippen molar-refractivity contribution in [3.63, 3.8) is 0 Å². The van der Waals surface area contributed by atoms with Gasteiger partial charge in [0.2, 0.25) is 5.91 Å². The van der Waals surface area contributed by atoms with Gasteiger partial charge in [-0.25, -0.2) is 0 Å². The molecule has 1 saturated carbocycles. The molecule has 0 spiro atoms. The van der Waals surface area contributed by atoms with Gasteiger partial charge in [0.15, 0.2) is 11.5 Å². The largest absolute Gasteiger partial charge is 0.493 e. The molecular weight excluding hydrogens is 344 g/mol. The molecule has 1 aliphatic carbocycles. The minimum absolute atomic E-state index is 0.0286. The number of rotatable bonds is 7. The van der Waals surface area contributed by atoms with Gasteiger partial charge in [0.1, 0.15) is 0 Å². The summed E-state index contributed by atoms with van der Waals surface area (Å²) in [6.07, 6.45) is 4.55. The highest BCUT2D eigenvalue weighted by molar-refractivity contribution is 5.82. The molecule has 26 heavy (non-hydrogen) atoms. The average molecular weight is 365 g/mol. The Kier molecular flexibility index (Phi) is 5.11. The van der Waals surface area contributed by atoms with E-state index in [4.69, 9.17) is 4.74 Å². The maximum Gasteiger partial charge on any atom is 0.387 e. The lowest BCUT2D eigenvalue weighted by Crippen LogP contribution is -2.28. The molecule has 1 aromatic carbocycles. The van der Waals surface area contributed by atoms with Crippen LogP contribution in [-0.2, 0) is 18.4 Å². The molecule has 0 saturated heterocycles. The van der Waals surface area contributed by atoms with Crippen LogP contribution in [0.1, 0.15) is 23.5 Å². The third kappa shape index (κ3) is 3.95. The number of methoxy groups -OCH3 is 1. The zero-order valence-corrected chi connectivity index (χ0v) is 14.9. The summed E-state index contributed by atoms with van der Waals surface area (Å²) in [6.45, 7) is -2.56. The van der Waals surface area contributed by atoms with Crippen molar-refractivity contribution in [2.75, 3.05) is 14.2 Å². The number of hydrogen-bond donors (Lipinski definition) is 0. The first-order valence-corrected chi connectivity index (χ1v) is 8.24. The van der Waals surface area contributed by atoms with Crippen LogP contribution < -0.4 is 9.47 Å². The second-order valence-electron chi connectivity index (χ2n) is 6.45. The lowest BCUT2D eigenvalue weighted by atomic mass is 10.1. The van der Waals surface area contributed by atoms with Crippen LogP contribution in [0.15, 0.2) is 30.6 Å². The maximum atomic E-state index is 12.6. The van der Waals surface area contributed by atoms with Gasteiger partial charge in [-0.1, -0.05) is 6.07 Å². The Morgan fingerprint density at radius 3 is 2.81 bits per heavy atom. The predicted octanol–water partition coefficient (Wildman–Crippen LogP) is 2.79. The zero-order valence-electron chi connectivity index (χ0n) is 14.9. The van der Waals surface area contributed by atoms with E-state index in [0.717, 1.165) is 17.5 Å². The van der Waals surface area contributed by atoms with Crippen LogP contribution in [0.5, 0.6) is 11.5 Å². The van der Waals surface area contributed by atoms with E-state index in [1.807, 2.05) is 13.2 Å². The fraction of sp³-hybridized carbons (Fsp3) is 0.444. The van der Waals surface area contributed by atoms with Gasteiger partial charge in [0.05, 0.1) is 13.3 Å². The SMILES string of the molecule is COc1cc(CN(C)C(=O)C2CC2c2cnn(C)c2)ccc1OC(F)F. The van der Waals surface area contributed by atoms with Gasteiger partial charge in [-0.3, -0.25) is 9.48 Å². The Bertz CT molecular complexity index is 794. The molecule has 1 amide bonds. The van der Waals surface area contributed by atoms with E-state index in [2.05, 4.69) is 9.84 Å². The third-order valence-corrected chi connectivity index (χ3v) is 4.50. The van der Waals surface area contributed by atoms with Crippen molar-refractivity contribution in [2.45, 2.75) is 25.5 Å². The molecule has 140 valence electrons. The molecule has 1 heterocycles. The summed E-state index contributed by atoms with van der Waals surface area (Å²) in [5, 5.41) is 4.14. The molecule has 0 aliphatic heterocycles. The van der Waals surface area contributed by atoms with Crippen LogP contribution >= 0.6 is 0 Å². The summed E-state index contributed by atoms with van der Waals surface area (Å²) < 4.78 is 36.0. The molecule has 0 bridgehead atoms. The zero-order chi connectivity index (χ0) is 18.8. The normalized spacial score (nSPS) is 18.7. The number of hydrogen-bond acceptors (Lipinski definition) is 4. The number of aromatic nitrogens is 2. The molecular formula is C18H21F2N3O3. The van der Waals surface area contributed by atoms with Gasteiger partial charge in [-0.2, -0.15) is 13.9 Å². The quantitative estimate of drug-likeness (QED) is 0.757. The molecule has 1 fully saturated rings. The van der Waals surface area contributed by atoms with E-state index in [9.17, 15) is 13.6 Å². The molecule has 2 unspecified atom stereocenters. The van der Waals surface area contributed by atoms with Crippen LogP contribution in [0.4, 0.5) is 8.78 Å². The number of benzene rings is 1. The highest BCUT2D eigenvalue weighted by atomic mass is 19.3. The standard InChI is InChI=1S/C18H21F2N3O3/c1-22(17(24)14-7-13(14)12-8-21-23(2)10-12)9-11-4-5-15(26-18(19)20)16(6-11)25-3/h4-6,8,10,13-14,18H,7,9H2,1-3H3. The van der Waals surface area contributed by atoms with Crippen LogP contribution in [0.3, 0.4) is 0 Å². The number of carbonyl (C=O) groups is 1. The highest BCUT2D eigenvalue weighted by Gasteiger charge is 2.45. The summed E-state index contributed by atoms with van der Waals surface area (Å²) in [5.41, 5.74) is 1.85. The average Bonchev–Trinajstić information content (AvgIpc) is 3.28. The molecule has 8 heteroatoms. The summed E-state index contributed by atoms with van der Waals surface area (Å²) in [5.74, 6) is 0.427. The molecule has 2 aromatic rings. The lowest BCUT2D eigenvalue weighted by Gasteiger charge is -2.18. The maximum absolute atomic E-state index is 12.6. The fourth-order valence-corrected chi connectivity index (χ4v) is 3.11. The summed E-state index contributed by atoms with van der Waals surface area (Å²) in [6, 6.07) is 4.68. The highest BCUT2D eigenvalue weighted by Crippen LogP contribution is 2.48. The first kappa shape index (κ1) is 18.2. The van der Waals surface area contributed by atoms with E-state index in [0.29, 0.717) is 6.54 Å². The molecule has 1 aromatic heterocycles. The number of ether oxygens (including phenoxy) is 2. The van der Waals surface area contributed by atoms with Gasteiger partial charge in [0, 0.05) is 32.8 Å². The lowest BCUT2D eigenvalue weighted by molar-refractivity contribution is -0.131. The molecule has 0 N–H and O–H groups in total. The second-order valence-corrected chi connectivity index (χ2v) is 6.45. The number of carbonyl (C=O) groups excluding carboxylic acids is 1. The first-order valence-electron chi connectivity index (χ1n) is 8.24. The van der Waals surface area contributed by atoms with E-state index in [-0.39, 0.29) is 29.2 Å². The first-order chi connectivity index (χ1) is 12.4. The predicted molar refractivity (Wildman–Crippen MR) is 90.2 cm³/mol. The Morgan fingerprint density at radius 1 is 1.42 bits per heavy atom. The molecule has 6 nitrogen and oxygen atoms in total. The Balaban J connectivity index is 1.62. The number of halogens is 2. The Labute approximate surface area is 150 Å². The Hall–Kier alpha value is -2.64. The molecule has 0 radical (unpaired) electrons. The van der Waals surface area contributed by atoms with Crippen LogP contribution in [0.25, 0.3) is 0 Å². The topological polar surface area (TPSA) is 56.6 Å². The minimum Gasteiger partial charge on any atom is -0.493 e. The van der Waals surface area contributed by atoms with Gasteiger partial charge in [-0.15, -0.1) is 0 Å².